The minimum atomic E-state index is -0.517. The first-order chi connectivity index (χ1) is 13.5. The van der Waals surface area contributed by atoms with Gasteiger partial charge in [-0.2, -0.15) is 0 Å². The maximum absolute atomic E-state index is 12.9. The predicted molar refractivity (Wildman–Crippen MR) is 105 cm³/mol. The smallest absolute Gasteiger partial charge is 0.268 e. The van der Waals surface area contributed by atoms with Crippen LogP contribution < -0.4 is 16.2 Å². The van der Waals surface area contributed by atoms with Gasteiger partial charge in [-0.25, -0.2) is 0 Å². The molecule has 0 unspecified atom stereocenters. The average molecular weight is 374 g/mol. The zero-order chi connectivity index (χ0) is 19.7. The topological polar surface area (TPSA) is 93.1 Å². The largest absolute Gasteiger partial charge is 0.352 e. The first kappa shape index (κ1) is 17.7. The van der Waals surface area contributed by atoms with Gasteiger partial charge in [0.2, 0.25) is 0 Å². The number of aryl methyl sites for hydroxylation is 1. The van der Waals surface area contributed by atoms with E-state index in [0.717, 1.165) is 12.0 Å². The van der Waals surface area contributed by atoms with Crippen molar-refractivity contribution < 1.29 is 9.59 Å². The molecule has 2 N–H and O–H groups in total. The van der Waals surface area contributed by atoms with Gasteiger partial charge in [-0.1, -0.05) is 6.07 Å². The number of benzene rings is 1. The summed E-state index contributed by atoms with van der Waals surface area (Å²) < 4.78 is 1.38. The summed E-state index contributed by atoms with van der Waals surface area (Å²) >= 11 is 0. The van der Waals surface area contributed by atoms with Crippen molar-refractivity contribution in [3.8, 4) is 5.69 Å². The van der Waals surface area contributed by atoms with Crippen molar-refractivity contribution in [1.29, 1.82) is 0 Å². The summed E-state index contributed by atoms with van der Waals surface area (Å²) in [5, 5.41) is 5.52. The highest BCUT2D eigenvalue weighted by molar-refractivity contribution is 6.06. The van der Waals surface area contributed by atoms with Crippen LogP contribution in [-0.2, 0) is 6.42 Å². The molecule has 28 heavy (non-hydrogen) atoms. The highest BCUT2D eigenvalue weighted by Crippen LogP contribution is 2.20. The molecule has 0 atom stereocenters. The lowest BCUT2D eigenvalue weighted by atomic mass is 9.99. The molecule has 0 saturated carbocycles. The lowest BCUT2D eigenvalue weighted by molar-refractivity contribution is 0.0944. The van der Waals surface area contributed by atoms with Gasteiger partial charge in [0, 0.05) is 30.2 Å². The quantitative estimate of drug-likeness (QED) is 0.734. The molecule has 0 fully saturated rings. The predicted octanol–water partition coefficient (Wildman–Crippen LogP) is 2.08. The van der Waals surface area contributed by atoms with E-state index in [-0.39, 0.29) is 11.5 Å². The number of amides is 2. The van der Waals surface area contributed by atoms with Gasteiger partial charge in [-0.3, -0.25) is 23.9 Å². The molecule has 3 heterocycles. The highest BCUT2D eigenvalue weighted by atomic mass is 16.2. The second kappa shape index (κ2) is 7.11. The van der Waals surface area contributed by atoms with E-state index in [2.05, 4.69) is 15.6 Å². The lowest BCUT2D eigenvalue weighted by Crippen LogP contribution is -2.32. The molecule has 7 heteroatoms. The number of hydrogen-bond donors (Lipinski definition) is 2. The van der Waals surface area contributed by atoms with E-state index in [9.17, 15) is 14.4 Å². The zero-order valence-electron chi connectivity index (χ0n) is 15.2. The Morgan fingerprint density at radius 3 is 2.86 bits per heavy atom. The highest BCUT2D eigenvalue weighted by Gasteiger charge is 2.20. The van der Waals surface area contributed by atoms with Crippen molar-refractivity contribution in [2.75, 3.05) is 11.9 Å². The molecule has 0 radical (unpaired) electrons. The summed E-state index contributed by atoms with van der Waals surface area (Å²) in [4.78, 5) is 41.8. The van der Waals surface area contributed by atoms with Gasteiger partial charge in [-0.15, -0.1) is 0 Å². The molecular weight excluding hydrogens is 356 g/mol. The number of anilines is 1. The molecule has 0 spiro atoms. The van der Waals surface area contributed by atoms with E-state index in [1.165, 1.54) is 4.57 Å². The van der Waals surface area contributed by atoms with E-state index in [0.29, 0.717) is 29.0 Å². The van der Waals surface area contributed by atoms with Crippen LogP contribution in [0.3, 0.4) is 0 Å². The molecular formula is C21H18N4O3. The fourth-order valence-electron chi connectivity index (χ4n) is 3.29. The van der Waals surface area contributed by atoms with Crippen LogP contribution in [0.4, 0.5) is 5.69 Å². The Morgan fingerprint density at radius 1 is 1.21 bits per heavy atom. The van der Waals surface area contributed by atoms with Gasteiger partial charge >= 0.3 is 0 Å². The van der Waals surface area contributed by atoms with Gasteiger partial charge < -0.3 is 10.6 Å². The fraction of sp³-hybridized carbons (Fsp3) is 0.143. The number of aromatic nitrogens is 2. The minimum absolute atomic E-state index is 0.0496. The molecule has 140 valence electrons. The normalized spacial score (nSPS) is 12.8. The molecule has 2 aromatic heterocycles. The van der Waals surface area contributed by atoms with Crippen molar-refractivity contribution in [3.63, 3.8) is 0 Å². The monoisotopic (exact) mass is 374 g/mol. The molecule has 4 rings (SSSR count). The zero-order valence-corrected chi connectivity index (χ0v) is 15.2. The Morgan fingerprint density at radius 2 is 2.07 bits per heavy atom. The van der Waals surface area contributed by atoms with Crippen LogP contribution in [0.15, 0.2) is 59.8 Å². The molecule has 7 nitrogen and oxygen atoms in total. The van der Waals surface area contributed by atoms with Gasteiger partial charge in [0.1, 0.15) is 5.56 Å². The Balaban J connectivity index is 1.68. The van der Waals surface area contributed by atoms with Crippen LogP contribution in [0.5, 0.6) is 0 Å². The maximum Gasteiger partial charge on any atom is 0.268 e. The Kier molecular flexibility index (Phi) is 4.49. The summed E-state index contributed by atoms with van der Waals surface area (Å²) in [6, 6.07) is 10.4. The van der Waals surface area contributed by atoms with Crippen molar-refractivity contribution in [3.05, 3.63) is 87.6 Å². The van der Waals surface area contributed by atoms with E-state index >= 15 is 0 Å². The summed E-state index contributed by atoms with van der Waals surface area (Å²) in [6.07, 6.45) is 5.54. The molecule has 1 aliphatic rings. The van der Waals surface area contributed by atoms with Crippen molar-refractivity contribution in [2.24, 2.45) is 0 Å². The Hall–Kier alpha value is -3.74. The number of carbonyl (C=O) groups excluding carboxylic acids is 2. The summed E-state index contributed by atoms with van der Waals surface area (Å²) in [6.45, 7) is 2.32. The van der Waals surface area contributed by atoms with E-state index in [1.54, 1.807) is 55.8 Å². The molecule has 1 aliphatic heterocycles. The average Bonchev–Trinajstić information content (AvgIpc) is 2.69. The van der Waals surface area contributed by atoms with Gasteiger partial charge in [-0.05, 0) is 54.8 Å². The van der Waals surface area contributed by atoms with E-state index < -0.39 is 11.5 Å². The van der Waals surface area contributed by atoms with Crippen LogP contribution in [0.1, 0.15) is 31.8 Å². The Labute approximate surface area is 161 Å². The molecule has 0 saturated heterocycles. The van der Waals surface area contributed by atoms with Crippen LogP contribution >= 0.6 is 0 Å². The standard InChI is InChI=1S/C21H18N4O3/c1-13-7-10-25(16-3-2-8-22-12-16)21(28)18(13)20(27)24-15-5-4-14-6-9-23-19(26)17(14)11-15/h2-5,7-8,10-12H,6,9H2,1H3,(H,23,26)(H,24,27). The summed E-state index contributed by atoms with van der Waals surface area (Å²) in [5.41, 5.74) is 2.72. The van der Waals surface area contributed by atoms with Crippen LogP contribution in [0, 0.1) is 6.92 Å². The van der Waals surface area contributed by atoms with E-state index in [4.69, 9.17) is 0 Å². The van der Waals surface area contributed by atoms with Crippen LogP contribution in [0.25, 0.3) is 5.69 Å². The molecule has 0 bridgehead atoms. The Bertz CT molecular complexity index is 1140. The number of rotatable bonds is 3. The maximum atomic E-state index is 12.9. The third-order valence-corrected chi connectivity index (χ3v) is 4.74. The molecule has 3 aromatic rings. The van der Waals surface area contributed by atoms with Gasteiger partial charge in [0.15, 0.2) is 0 Å². The fourth-order valence-corrected chi connectivity index (χ4v) is 3.29. The first-order valence-corrected chi connectivity index (χ1v) is 8.90. The second-order valence-electron chi connectivity index (χ2n) is 6.59. The van der Waals surface area contributed by atoms with Crippen molar-refractivity contribution in [2.45, 2.75) is 13.3 Å². The van der Waals surface area contributed by atoms with Gasteiger partial charge in [0.25, 0.3) is 17.4 Å². The van der Waals surface area contributed by atoms with Crippen LogP contribution in [0.2, 0.25) is 0 Å². The number of nitrogens with one attached hydrogen (secondary N) is 2. The number of nitrogens with zero attached hydrogens (tertiary/aromatic N) is 2. The van der Waals surface area contributed by atoms with Crippen molar-refractivity contribution in [1.82, 2.24) is 14.9 Å². The summed E-state index contributed by atoms with van der Waals surface area (Å²) in [7, 11) is 0. The second-order valence-corrected chi connectivity index (χ2v) is 6.59. The van der Waals surface area contributed by atoms with Gasteiger partial charge in [0.05, 0.1) is 11.9 Å². The molecule has 2 amide bonds. The number of fused-ring (bicyclic) bond motifs is 1. The van der Waals surface area contributed by atoms with Crippen molar-refractivity contribution >= 4 is 17.5 Å². The third kappa shape index (κ3) is 3.18. The molecule has 1 aromatic carbocycles. The number of carbonyl (C=O) groups is 2. The van der Waals surface area contributed by atoms with Crippen LogP contribution in [-0.4, -0.2) is 27.9 Å². The van der Waals surface area contributed by atoms with E-state index in [1.807, 2.05) is 6.07 Å². The minimum Gasteiger partial charge on any atom is -0.352 e. The molecule has 0 aliphatic carbocycles. The first-order valence-electron chi connectivity index (χ1n) is 8.90. The number of pyridine rings is 2. The third-order valence-electron chi connectivity index (χ3n) is 4.74. The SMILES string of the molecule is Cc1ccn(-c2cccnc2)c(=O)c1C(=O)Nc1ccc2c(c1)C(=O)NCC2. The summed E-state index contributed by atoms with van der Waals surface area (Å²) in [5.74, 6) is -0.677. The lowest BCUT2D eigenvalue weighted by Gasteiger charge is -2.17. The number of hydrogen-bond acceptors (Lipinski definition) is 4.